The number of benzene rings is 3. The van der Waals surface area contributed by atoms with Gasteiger partial charge in [0.1, 0.15) is 12.2 Å². The van der Waals surface area contributed by atoms with Crippen molar-refractivity contribution >= 4 is 62.7 Å². The summed E-state index contributed by atoms with van der Waals surface area (Å²) in [6.45, 7) is 3.76. The summed E-state index contributed by atoms with van der Waals surface area (Å²) in [5.41, 5.74) is 3.51. The third-order valence-electron chi connectivity index (χ3n) is 7.24. The van der Waals surface area contributed by atoms with Crippen LogP contribution in [0.1, 0.15) is 46.3 Å². The van der Waals surface area contributed by atoms with Gasteiger partial charge in [0.15, 0.2) is 16.6 Å². The maximum absolute atomic E-state index is 13.4. The molecule has 0 aliphatic carbocycles. The number of carbonyl (C=O) groups is 3. The Bertz CT molecular complexity index is 1580. The number of methoxy groups -OCH3 is 1. The van der Waals surface area contributed by atoms with E-state index in [2.05, 4.69) is 21.2 Å². The second-order valence-electron chi connectivity index (χ2n) is 10.1. The van der Waals surface area contributed by atoms with E-state index in [-0.39, 0.29) is 23.2 Å². The van der Waals surface area contributed by atoms with Gasteiger partial charge >= 0.3 is 0 Å². The lowest BCUT2D eigenvalue weighted by Gasteiger charge is -2.30. The number of hydrogen-bond acceptors (Lipinski definition) is 6. The third-order valence-corrected chi connectivity index (χ3v) is 8.02. The Morgan fingerprint density at radius 1 is 1.00 bits per heavy atom. The summed E-state index contributed by atoms with van der Waals surface area (Å²) in [6, 6.07) is 18.1. The van der Waals surface area contributed by atoms with Gasteiger partial charge in [-0.15, -0.1) is 0 Å². The summed E-state index contributed by atoms with van der Waals surface area (Å²) in [7, 11) is 1.52. The number of ether oxygens (including phenoxy) is 2. The zero-order chi connectivity index (χ0) is 29.8. The van der Waals surface area contributed by atoms with Gasteiger partial charge in [-0.25, -0.2) is 0 Å². The number of nitrogens with zero attached hydrogens (tertiary/aromatic N) is 2. The Morgan fingerprint density at radius 2 is 1.74 bits per heavy atom. The minimum atomic E-state index is -0.572. The van der Waals surface area contributed by atoms with Crippen molar-refractivity contribution in [1.82, 2.24) is 10.2 Å². The summed E-state index contributed by atoms with van der Waals surface area (Å²) in [5.74, 6) is -0.0781. The van der Waals surface area contributed by atoms with Gasteiger partial charge in [-0.1, -0.05) is 34.1 Å². The molecular weight excluding hydrogens is 618 g/mol. The van der Waals surface area contributed by atoms with Crippen LogP contribution in [0.5, 0.6) is 11.5 Å². The number of aryl methyl sites for hydroxylation is 1. The first kappa shape index (κ1) is 29.5. The second kappa shape index (κ2) is 12.9. The fourth-order valence-electron chi connectivity index (χ4n) is 4.99. The van der Waals surface area contributed by atoms with Crippen LogP contribution in [0.15, 0.2) is 70.7 Å². The largest absolute Gasteiger partial charge is 0.493 e. The monoisotopic (exact) mass is 647 g/mol. The predicted octanol–water partition coefficient (Wildman–Crippen LogP) is 5.80. The molecule has 2 aliphatic rings. The van der Waals surface area contributed by atoms with Crippen molar-refractivity contribution in [3.05, 3.63) is 93.0 Å². The predicted molar refractivity (Wildman–Crippen MR) is 169 cm³/mol. The van der Waals surface area contributed by atoms with E-state index < -0.39 is 11.8 Å². The van der Waals surface area contributed by atoms with Crippen LogP contribution in [0.4, 0.5) is 5.69 Å². The lowest BCUT2D eigenvalue weighted by atomic mass is 10.1. The first-order chi connectivity index (χ1) is 20.2. The average Bonchev–Trinajstić information content (AvgIpc) is 2.99. The molecule has 2 aliphatic heterocycles. The zero-order valence-corrected chi connectivity index (χ0v) is 25.7. The molecule has 0 aromatic heterocycles. The number of rotatable bonds is 7. The number of halogens is 1. The highest BCUT2D eigenvalue weighted by atomic mass is 79.9. The molecule has 2 saturated heterocycles. The SMILES string of the molecule is COc1cc(/C=C2\C(=O)NC(=S)N(c3ccc(Br)cc3C)C2=O)ccc1OCc1ccc(C(=O)N2CCCCC2)cc1. The summed E-state index contributed by atoms with van der Waals surface area (Å²) >= 11 is 8.76. The van der Waals surface area contributed by atoms with Crippen molar-refractivity contribution < 1.29 is 23.9 Å². The van der Waals surface area contributed by atoms with E-state index in [0.29, 0.717) is 28.3 Å². The molecule has 0 atom stereocenters. The van der Waals surface area contributed by atoms with Crippen LogP contribution < -0.4 is 19.7 Å². The molecule has 5 rings (SSSR count). The summed E-state index contributed by atoms with van der Waals surface area (Å²) in [4.78, 5) is 42.2. The van der Waals surface area contributed by atoms with Crippen molar-refractivity contribution in [2.75, 3.05) is 25.1 Å². The number of nitrogens with one attached hydrogen (secondary N) is 1. The van der Waals surface area contributed by atoms with Gasteiger partial charge in [0, 0.05) is 23.1 Å². The number of thiocarbonyl (C=S) groups is 1. The van der Waals surface area contributed by atoms with Crippen LogP contribution in [0, 0.1) is 6.92 Å². The van der Waals surface area contributed by atoms with E-state index in [1.54, 1.807) is 24.3 Å². The van der Waals surface area contributed by atoms with Gasteiger partial charge in [-0.3, -0.25) is 24.6 Å². The summed E-state index contributed by atoms with van der Waals surface area (Å²) < 4.78 is 12.4. The maximum atomic E-state index is 13.4. The van der Waals surface area contributed by atoms with Crippen LogP contribution in [0.2, 0.25) is 0 Å². The fraction of sp³-hybridized carbons (Fsp3) is 0.250. The topological polar surface area (TPSA) is 88.2 Å². The minimum absolute atomic E-state index is 0.0257. The Balaban J connectivity index is 1.30. The van der Waals surface area contributed by atoms with Crippen LogP contribution in [-0.4, -0.2) is 47.9 Å². The van der Waals surface area contributed by atoms with Crippen LogP contribution >= 0.6 is 28.1 Å². The van der Waals surface area contributed by atoms with E-state index in [0.717, 1.165) is 41.5 Å². The van der Waals surface area contributed by atoms with E-state index in [1.165, 1.54) is 24.5 Å². The van der Waals surface area contributed by atoms with E-state index in [4.69, 9.17) is 21.7 Å². The van der Waals surface area contributed by atoms with Gasteiger partial charge in [0.05, 0.1) is 12.8 Å². The molecule has 3 amide bonds. The third kappa shape index (κ3) is 6.39. The number of carbonyl (C=O) groups excluding carboxylic acids is 3. The number of likely N-dealkylation sites (tertiary alicyclic amines) is 1. The van der Waals surface area contributed by atoms with Gasteiger partial charge < -0.3 is 14.4 Å². The van der Waals surface area contributed by atoms with E-state index in [1.807, 2.05) is 48.2 Å². The molecule has 0 saturated carbocycles. The zero-order valence-electron chi connectivity index (χ0n) is 23.3. The maximum Gasteiger partial charge on any atom is 0.270 e. The van der Waals surface area contributed by atoms with Gasteiger partial charge in [0.25, 0.3) is 17.7 Å². The molecule has 1 N–H and O–H groups in total. The van der Waals surface area contributed by atoms with Gasteiger partial charge in [-0.05, 0) is 104 Å². The molecule has 8 nitrogen and oxygen atoms in total. The molecule has 2 fully saturated rings. The summed E-state index contributed by atoms with van der Waals surface area (Å²) in [5, 5.41) is 2.64. The lowest BCUT2D eigenvalue weighted by Crippen LogP contribution is -2.54. The fourth-order valence-corrected chi connectivity index (χ4v) is 5.74. The molecule has 3 aromatic rings. The van der Waals surface area contributed by atoms with Crippen molar-refractivity contribution in [2.45, 2.75) is 32.8 Å². The van der Waals surface area contributed by atoms with Crippen molar-refractivity contribution in [1.29, 1.82) is 0 Å². The number of hydrogen-bond donors (Lipinski definition) is 1. The molecule has 0 radical (unpaired) electrons. The lowest BCUT2D eigenvalue weighted by molar-refractivity contribution is -0.122. The highest BCUT2D eigenvalue weighted by Gasteiger charge is 2.35. The molecule has 0 unspecified atom stereocenters. The first-order valence-electron chi connectivity index (χ1n) is 13.6. The molecule has 2 heterocycles. The van der Waals surface area contributed by atoms with E-state index >= 15 is 0 Å². The van der Waals surface area contributed by atoms with Crippen LogP contribution in [0.25, 0.3) is 6.08 Å². The number of amides is 3. The quantitative estimate of drug-likeness (QED) is 0.198. The molecule has 42 heavy (non-hydrogen) atoms. The Morgan fingerprint density at radius 3 is 2.43 bits per heavy atom. The number of piperidine rings is 1. The van der Waals surface area contributed by atoms with Crippen molar-refractivity contribution in [3.8, 4) is 11.5 Å². The number of anilines is 1. The standard InChI is InChI=1S/C32H30BrN3O5S/c1-20-16-24(33)11-12-26(20)36-31(39)25(29(37)34-32(36)42)17-22-8-13-27(28(18-22)40-2)41-19-21-6-9-23(10-7-21)30(38)35-14-4-3-5-15-35/h6-13,16-18H,3-5,14-15,19H2,1-2H3,(H,34,37,42)/b25-17+. The molecule has 0 spiro atoms. The average molecular weight is 649 g/mol. The Kier molecular flexibility index (Phi) is 9.03. The highest BCUT2D eigenvalue weighted by molar-refractivity contribution is 9.10. The summed E-state index contributed by atoms with van der Waals surface area (Å²) in [6.07, 6.45) is 4.79. The molecule has 3 aromatic carbocycles. The molecule has 216 valence electrons. The minimum Gasteiger partial charge on any atom is -0.493 e. The second-order valence-corrected chi connectivity index (χ2v) is 11.4. The Labute approximate surface area is 258 Å². The van der Waals surface area contributed by atoms with Crippen LogP contribution in [0.3, 0.4) is 0 Å². The Hall–Kier alpha value is -4.02. The van der Waals surface area contributed by atoms with Gasteiger partial charge in [-0.2, -0.15) is 0 Å². The van der Waals surface area contributed by atoms with Crippen molar-refractivity contribution in [3.63, 3.8) is 0 Å². The first-order valence-corrected chi connectivity index (χ1v) is 14.8. The van der Waals surface area contributed by atoms with Crippen LogP contribution in [-0.2, 0) is 16.2 Å². The normalized spacial score (nSPS) is 16.5. The van der Waals surface area contributed by atoms with Gasteiger partial charge in [0.2, 0.25) is 0 Å². The smallest absolute Gasteiger partial charge is 0.270 e. The highest BCUT2D eigenvalue weighted by Crippen LogP contribution is 2.31. The molecular formula is C32H30BrN3O5S. The van der Waals surface area contributed by atoms with Crippen molar-refractivity contribution in [2.24, 2.45) is 0 Å². The molecule has 10 heteroatoms. The molecule has 0 bridgehead atoms. The van der Waals surface area contributed by atoms with E-state index in [9.17, 15) is 14.4 Å².